The number of rotatable bonds is 4. The molecule has 1 aliphatic carbocycles. The summed E-state index contributed by atoms with van der Waals surface area (Å²) in [6.45, 7) is 5.99. The highest BCUT2D eigenvalue weighted by molar-refractivity contribution is 5.44. The van der Waals surface area contributed by atoms with Crippen molar-refractivity contribution in [3.63, 3.8) is 0 Å². The van der Waals surface area contributed by atoms with Crippen LogP contribution < -0.4 is 10.2 Å². The van der Waals surface area contributed by atoms with E-state index in [0.29, 0.717) is 37.1 Å². The van der Waals surface area contributed by atoms with Crippen LogP contribution in [-0.2, 0) is 11.3 Å². The maximum absolute atomic E-state index is 14.6. The molecule has 1 N–H and O–H groups in total. The van der Waals surface area contributed by atoms with Crippen LogP contribution in [0.4, 0.5) is 10.2 Å². The number of hydrogen-bond donors (Lipinski definition) is 1. The largest absolute Gasteiger partial charge is 0.372 e. The van der Waals surface area contributed by atoms with Gasteiger partial charge >= 0.3 is 0 Å². The second kappa shape index (κ2) is 5.66. The topological polar surface area (TPSA) is 37.4 Å². The molecule has 4 nitrogen and oxygen atoms in total. The average molecular weight is 279 g/mol. The number of ether oxygens (including phenoxy) is 1. The van der Waals surface area contributed by atoms with Crippen molar-refractivity contribution in [1.29, 1.82) is 0 Å². The monoisotopic (exact) mass is 279 g/mol. The van der Waals surface area contributed by atoms with Gasteiger partial charge in [0.15, 0.2) is 11.6 Å². The van der Waals surface area contributed by atoms with E-state index < -0.39 is 0 Å². The normalized spacial score (nSPS) is 26.9. The Hall–Kier alpha value is -1.20. The molecule has 2 atom stereocenters. The first-order valence-corrected chi connectivity index (χ1v) is 7.40. The number of nitrogens with zero attached hydrogens (tertiary/aromatic N) is 2. The van der Waals surface area contributed by atoms with E-state index in [-0.39, 0.29) is 18.0 Å². The Morgan fingerprint density at radius 2 is 2.05 bits per heavy atom. The van der Waals surface area contributed by atoms with E-state index >= 15 is 0 Å². The van der Waals surface area contributed by atoms with Gasteiger partial charge in [0.1, 0.15) is 0 Å². The Balaban J connectivity index is 1.75. The lowest BCUT2D eigenvalue weighted by Gasteiger charge is -2.36. The number of aromatic nitrogens is 1. The lowest BCUT2D eigenvalue weighted by molar-refractivity contribution is -0.00566. The average Bonchev–Trinajstić information content (AvgIpc) is 3.20. The molecule has 0 unspecified atom stereocenters. The van der Waals surface area contributed by atoms with Gasteiger partial charge in [0.25, 0.3) is 0 Å². The third kappa shape index (κ3) is 3.10. The Morgan fingerprint density at radius 3 is 2.70 bits per heavy atom. The van der Waals surface area contributed by atoms with Gasteiger partial charge in [0, 0.05) is 37.4 Å². The maximum Gasteiger partial charge on any atom is 0.170 e. The molecule has 110 valence electrons. The van der Waals surface area contributed by atoms with Crippen molar-refractivity contribution in [3.05, 3.63) is 23.6 Å². The number of hydrogen-bond acceptors (Lipinski definition) is 4. The lowest BCUT2D eigenvalue weighted by atomic mass is 10.2. The minimum Gasteiger partial charge on any atom is -0.372 e. The second-order valence-electron chi connectivity index (χ2n) is 5.93. The van der Waals surface area contributed by atoms with E-state index in [0.717, 1.165) is 0 Å². The zero-order chi connectivity index (χ0) is 14.1. The first kappa shape index (κ1) is 13.8. The van der Waals surface area contributed by atoms with Crippen molar-refractivity contribution in [3.8, 4) is 0 Å². The third-order valence-corrected chi connectivity index (χ3v) is 3.83. The number of pyridine rings is 1. The Kier molecular flexibility index (Phi) is 3.89. The zero-order valence-electron chi connectivity index (χ0n) is 12.1. The van der Waals surface area contributed by atoms with Gasteiger partial charge in [-0.1, -0.05) is 0 Å². The molecule has 2 fully saturated rings. The molecule has 1 saturated carbocycles. The Labute approximate surface area is 119 Å². The minimum atomic E-state index is -0.193. The van der Waals surface area contributed by atoms with Gasteiger partial charge < -0.3 is 15.0 Å². The van der Waals surface area contributed by atoms with E-state index in [4.69, 9.17) is 4.74 Å². The van der Waals surface area contributed by atoms with E-state index in [1.807, 2.05) is 18.7 Å². The molecule has 0 bridgehead atoms. The maximum atomic E-state index is 14.6. The Morgan fingerprint density at radius 1 is 1.35 bits per heavy atom. The van der Waals surface area contributed by atoms with Crippen molar-refractivity contribution >= 4 is 5.82 Å². The fourth-order valence-electron chi connectivity index (χ4n) is 2.72. The van der Waals surface area contributed by atoms with Crippen LogP contribution >= 0.6 is 0 Å². The van der Waals surface area contributed by atoms with E-state index in [1.54, 1.807) is 12.3 Å². The van der Waals surface area contributed by atoms with Crippen molar-refractivity contribution in [2.24, 2.45) is 0 Å². The van der Waals surface area contributed by atoms with Crippen molar-refractivity contribution in [2.45, 2.75) is 51.5 Å². The summed E-state index contributed by atoms with van der Waals surface area (Å²) in [5.41, 5.74) is 0.702. The van der Waals surface area contributed by atoms with Crippen LogP contribution in [0.15, 0.2) is 12.3 Å². The highest BCUT2D eigenvalue weighted by Gasteiger charge is 2.26. The van der Waals surface area contributed by atoms with Crippen molar-refractivity contribution in [2.75, 3.05) is 18.0 Å². The van der Waals surface area contributed by atoms with Gasteiger partial charge in [0.05, 0.1) is 12.2 Å². The summed E-state index contributed by atoms with van der Waals surface area (Å²) in [6.07, 6.45) is 4.32. The fourth-order valence-corrected chi connectivity index (χ4v) is 2.72. The fraction of sp³-hybridized carbons (Fsp3) is 0.667. The highest BCUT2D eigenvalue weighted by Crippen LogP contribution is 2.24. The summed E-state index contributed by atoms with van der Waals surface area (Å²) in [5.74, 6) is 0.268. The molecule has 0 spiro atoms. The van der Waals surface area contributed by atoms with Crippen molar-refractivity contribution < 1.29 is 9.13 Å². The molecule has 5 heteroatoms. The summed E-state index contributed by atoms with van der Waals surface area (Å²) in [6, 6.07) is 2.34. The van der Waals surface area contributed by atoms with Gasteiger partial charge in [-0.05, 0) is 32.8 Å². The molecule has 0 aromatic carbocycles. The molecule has 1 aliphatic heterocycles. The smallest absolute Gasteiger partial charge is 0.170 e. The van der Waals surface area contributed by atoms with Crippen LogP contribution in [0.3, 0.4) is 0 Å². The molecule has 1 saturated heterocycles. The zero-order valence-corrected chi connectivity index (χ0v) is 12.1. The Bertz CT molecular complexity index is 468. The molecule has 2 aliphatic rings. The molecule has 2 heterocycles. The molecular weight excluding hydrogens is 257 g/mol. The molecular formula is C15H22FN3O. The molecule has 3 rings (SSSR count). The van der Waals surface area contributed by atoms with Gasteiger partial charge in [-0.3, -0.25) is 0 Å². The number of halogens is 1. The van der Waals surface area contributed by atoms with Gasteiger partial charge in [-0.25, -0.2) is 9.37 Å². The SMILES string of the molecule is C[C@@H]1CN(c2nccc(CNC3CC3)c2F)C[C@H](C)O1. The summed E-state index contributed by atoms with van der Waals surface area (Å²) >= 11 is 0. The number of nitrogens with one attached hydrogen (secondary N) is 1. The van der Waals surface area contributed by atoms with E-state index in [9.17, 15) is 4.39 Å². The molecule has 0 radical (unpaired) electrons. The summed E-state index contributed by atoms with van der Waals surface area (Å²) in [7, 11) is 0. The predicted octanol–water partition coefficient (Wildman–Crippen LogP) is 2.09. The summed E-state index contributed by atoms with van der Waals surface area (Å²) in [4.78, 5) is 6.24. The molecule has 1 aromatic rings. The first-order chi connectivity index (χ1) is 9.63. The van der Waals surface area contributed by atoms with Gasteiger partial charge in [-0.15, -0.1) is 0 Å². The van der Waals surface area contributed by atoms with Crippen LogP contribution in [0.5, 0.6) is 0 Å². The highest BCUT2D eigenvalue weighted by atomic mass is 19.1. The summed E-state index contributed by atoms with van der Waals surface area (Å²) < 4.78 is 20.3. The first-order valence-electron chi connectivity index (χ1n) is 7.40. The molecule has 0 amide bonds. The van der Waals surface area contributed by atoms with Crippen LogP contribution in [0.1, 0.15) is 32.3 Å². The van der Waals surface area contributed by atoms with Gasteiger partial charge in [-0.2, -0.15) is 0 Å². The van der Waals surface area contributed by atoms with Crippen LogP contribution in [0.25, 0.3) is 0 Å². The summed E-state index contributed by atoms with van der Waals surface area (Å²) in [5, 5.41) is 3.35. The minimum absolute atomic E-state index is 0.105. The molecule has 20 heavy (non-hydrogen) atoms. The van der Waals surface area contributed by atoms with E-state index in [1.165, 1.54) is 12.8 Å². The molecule has 1 aromatic heterocycles. The quantitative estimate of drug-likeness (QED) is 0.916. The number of anilines is 1. The third-order valence-electron chi connectivity index (χ3n) is 3.83. The van der Waals surface area contributed by atoms with Crippen molar-refractivity contribution in [1.82, 2.24) is 10.3 Å². The van der Waals surface area contributed by atoms with Crippen LogP contribution in [0.2, 0.25) is 0 Å². The predicted molar refractivity (Wildman–Crippen MR) is 76.3 cm³/mol. The standard InChI is InChI=1S/C15H22FN3O/c1-10-8-19(9-11(2)20-10)15-14(16)12(5-6-17-15)7-18-13-3-4-13/h5-6,10-11,13,18H,3-4,7-9H2,1-2H3/t10-,11+. The van der Waals surface area contributed by atoms with E-state index in [2.05, 4.69) is 10.3 Å². The van der Waals surface area contributed by atoms with Crippen LogP contribution in [0, 0.1) is 5.82 Å². The number of morpholine rings is 1. The second-order valence-corrected chi connectivity index (χ2v) is 5.93. The van der Waals surface area contributed by atoms with Gasteiger partial charge in [0.2, 0.25) is 0 Å². The van der Waals surface area contributed by atoms with Crippen LogP contribution in [-0.4, -0.2) is 36.3 Å². The lowest BCUT2D eigenvalue weighted by Crippen LogP contribution is -2.46.